The van der Waals surface area contributed by atoms with Crippen LogP contribution >= 0.6 is 0 Å². The minimum absolute atomic E-state index is 0.0853. The van der Waals surface area contributed by atoms with Crippen LogP contribution in [0.1, 0.15) is 32.1 Å². The summed E-state index contributed by atoms with van der Waals surface area (Å²) in [5, 5.41) is 10.1. The van der Waals surface area contributed by atoms with E-state index >= 15 is 0 Å². The molecule has 4 atom stereocenters. The Morgan fingerprint density at radius 1 is 1.30 bits per heavy atom. The number of esters is 1. The topological polar surface area (TPSA) is 55.8 Å². The van der Waals surface area contributed by atoms with Crippen LogP contribution in [0.3, 0.4) is 0 Å². The number of allylic oxidation sites excluding steroid dienone is 3. The van der Waals surface area contributed by atoms with Gasteiger partial charge in [-0.25, -0.2) is 4.39 Å². The fraction of sp³-hybridized carbons (Fsp3) is 0.500. The minimum Gasteiger partial charge on any atom is -0.491 e. The summed E-state index contributed by atoms with van der Waals surface area (Å²) in [6.07, 6.45) is 8.84. The lowest BCUT2D eigenvalue weighted by atomic mass is 9.91. The van der Waals surface area contributed by atoms with Gasteiger partial charge in [0.2, 0.25) is 0 Å². The Balaban J connectivity index is 1.76. The minimum atomic E-state index is -0.831. The molecule has 5 heteroatoms. The molecule has 4 nitrogen and oxygen atoms in total. The summed E-state index contributed by atoms with van der Waals surface area (Å²) in [6, 6.07) is 9.33. The molecule has 1 fully saturated rings. The highest BCUT2D eigenvalue weighted by molar-refractivity contribution is 5.69. The van der Waals surface area contributed by atoms with Crippen LogP contribution in [-0.4, -0.2) is 37.1 Å². The van der Waals surface area contributed by atoms with Gasteiger partial charge in [-0.1, -0.05) is 42.5 Å². The second-order valence-electron chi connectivity index (χ2n) is 6.82. The number of ether oxygens (including phenoxy) is 2. The number of halogens is 1. The van der Waals surface area contributed by atoms with Crippen molar-refractivity contribution in [3.63, 3.8) is 0 Å². The lowest BCUT2D eigenvalue weighted by Gasteiger charge is -2.17. The molecule has 1 aromatic rings. The van der Waals surface area contributed by atoms with Gasteiger partial charge in [-0.15, -0.1) is 0 Å². The molecule has 0 bridgehead atoms. The van der Waals surface area contributed by atoms with E-state index in [9.17, 15) is 14.3 Å². The maximum Gasteiger partial charge on any atom is 0.305 e. The zero-order valence-corrected chi connectivity index (χ0v) is 15.8. The second-order valence-corrected chi connectivity index (χ2v) is 6.82. The van der Waals surface area contributed by atoms with Crippen LogP contribution in [0.15, 0.2) is 54.6 Å². The molecule has 0 saturated heterocycles. The quantitative estimate of drug-likeness (QED) is 0.490. The van der Waals surface area contributed by atoms with Crippen molar-refractivity contribution >= 4 is 5.97 Å². The van der Waals surface area contributed by atoms with E-state index in [1.165, 1.54) is 7.11 Å². The van der Waals surface area contributed by atoms with E-state index in [2.05, 4.69) is 4.74 Å². The van der Waals surface area contributed by atoms with Crippen molar-refractivity contribution in [1.82, 2.24) is 0 Å². The van der Waals surface area contributed by atoms with E-state index in [1.807, 2.05) is 48.6 Å². The third kappa shape index (κ3) is 7.55. The van der Waals surface area contributed by atoms with Gasteiger partial charge in [0.1, 0.15) is 24.6 Å². The van der Waals surface area contributed by atoms with Crippen molar-refractivity contribution in [1.29, 1.82) is 0 Å². The van der Waals surface area contributed by atoms with Gasteiger partial charge < -0.3 is 14.6 Å². The summed E-state index contributed by atoms with van der Waals surface area (Å²) in [7, 11) is 1.37. The van der Waals surface area contributed by atoms with E-state index in [1.54, 1.807) is 6.08 Å². The van der Waals surface area contributed by atoms with Crippen molar-refractivity contribution < 1.29 is 23.8 Å². The molecule has 2 rings (SSSR count). The molecule has 0 spiro atoms. The summed E-state index contributed by atoms with van der Waals surface area (Å²) < 4.78 is 24.3. The Kier molecular flexibility index (Phi) is 9.05. The lowest BCUT2D eigenvalue weighted by molar-refractivity contribution is -0.140. The first-order valence-electron chi connectivity index (χ1n) is 9.50. The number of hydrogen-bond acceptors (Lipinski definition) is 4. The number of methoxy groups -OCH3 is 1. The van der Waals surface area contributed by atoms with Crippen LogP contribution in [0, 0.1) is 11.8 Å². The summed E-state index contributed by atoms with van der Waals surface area (Å²) in [6.45, 7) is 0.171. The molecule has 0 aliphatic heterocycles. The number of aliphatic hydroxyl groups is 1. The number of aliphatic hydroxyl groups excluding tert-OH is 1. The summed E-state index contributed by atoms with van der Waals surface area (Å²) in [4.78, 5) is 11.1. The molecule has 1 aromatic carbocycles. The van der Waals surface area contributed by atoms with Gasteiger partial charge in [0, 0.05) is 6.42 Å². The van der Waals surface area contributed by atoms with E-state index in [4.69, 9.17) is 4.74 Å². The first kappa shape index (κ1) is 21.2. The summed E-state index contributed by atoms with van der Waals surface area (Å²) in [5.74, 6) is 0.496. The Labute approximate surface area is 160 Å². The van der Waals surface area contributed by atoms with Gasteiger partial charge in [0.15, 0.2) is 0 Å². The molecular formula is C22H29FO4. The molecule has 0 radical (unpaired) electrons. The molecule has 1 saturated carbocycles. The highest BCUT2D eigenvalue weighted by atomic mass is 19.1. The van der Waals surface area contributed by atoms with Gasteiger partial charge in [-0.3, -0.25) is 4.79 Å². The van der Waals surface area contributed by atoms with Crippen molar-refractivity contribution in [3.8, 4) is 5.75 Å². The largest absolute Gasteiger partial charge is 0.491 e. The molecule has 27 heavy (non-hydrogen) atoms. The monoisotopic (exact) mass is 376 g/mol. The molecule has 0 aromatic heterocycles. The third-order valence-electron chi connectivity index (χ3n) is 4.85. The van der Waals surface area contributed by atoms with Gasteiger partial charge in [0.25, 0.3) is 0 Å². The van der Waals surface area contributed by atoms with Gasteiger partial charge in [0.05, 0.1) is 7.11 Å². The van der Waals surface area contributed by atoms with Gasteiger partial charge in [-0.2, -0.15) is 0 Å². The molecule has 148 valence electrons. The summed E-state index contributed by atoms with van der Waals surface area (Å²) in [5.41, 5.74) is 0. The molecular weight excluding hydrogens is 347 g/mol. The Hall–Kier alpha value is -2.14. The molecule has 0 amide bonds. The second kappa shape index (κ2) is 11.5. The van der Waals surface area contributed by atoms with E-state index in [0.29, 0.717) is 31.4 Å². The number of carbonyl (C=O) groups excluding carboxylic acids is 1. The lowest BCUT2D eigenvalue weighted by Crippen LogP contribution is -2.17. The Morgan fingerprint density at radius 3 is 2.81 bits per heavy atom. The van der Waals surface area contributed by atoms with E-state index < -0.39 is 12.3 Å². The smallest absolute Gasteiger partial charge is 0.305 e. The van der Waals surface area contributed by atoms with Crippen LogP contribution in [0.25, 0.3) is 0 Å². The first-order chi connectivity index (χ1) is 13.1. The van der Waals surface area contributed by atoms with Crippen LogP contribution in [0.5, 0.6) is 5.75 Å². The van der Waals surface area contributed by atoms with E-state index in [0.717, 1.165) is 6.42 Å². The Morgan fingerprint density at radius 2 is 2.07 bits per heavy atom. The summed E-state index contributed by atoms with van der Waals surface area (Å²) >= 11 is 0. The normalized spacial score (nSPS) is 23.7. The maximum atomic E-state index is 14.2. The van der Waals surface area contributed by atoms with Crippen molar-refractivity contribution in [2.24, 2.45) is 11.8 Å². The number of rotatable bonds is 10. The fourth-order valence-corrected chi connectivity index (χ4v) is 3.31. The zero-order valence-electron chi connectivity index (χ0n) is 15.8. The average molecular weight is 376 g/mol. The standard InChI is InChI=1S/C22H29FO4/c1-26-22(25)11-7-3-6-10-20-17(13-15-21(20)23)12-14-18(24)16-27-19-8-4-2-5-9-19/h2-6,8-9,12,14,17-18,20-21,24H,7,10-11,13,15-16H2,1H3/b6-3-,14-12+/t17-,18?,20+,21?/m0/s1. The highest BCUT2D eigenvalue weighted by Crippen LogP contribution is 2.37. The molecule has 1 aliphatic rings. The Bertz CT molecular complexity index is 614. The van der Waals surface area contributed by atoms with Crippen molar-refractivity contribution in [2.45, 2.75) is 44.4 Å². The fourth-order valence-electron chi connectivity index (χ4n) is 3.31. The zero-order chi connectivity index (χ0) is 19.5. The van der Waals surface area contributed by atoms with Crippen LogP contribution < -0.4 is 4.74 Å². The average Bonchev–Trinajstić information content (AvgIpc) is 3.04. The van der Waals surface area contributed by atoms with Crippen molar-refractivity contribution in [3.05, 3.63) is 54.6 Å². The number of hydrogen-bond donors (Lipinski definition) is 1. The number of para-hydroxylation sites is 1. The third-order valence-corrected chi connectivity index (χ3v) is 4.85. The number of alkyl halides is 1. The molecule has 0 heterocycles. The first-order valence-corrected chi connectivity index (χ1v) is 9.50. The van der Waals surface area contributed by atoms with Crippen LogP contribution in [-0.2, 0) is 9.53 Å². The van der Waals surface area contributed by atoms with Crippen LogP contribution in [0.4, 0.5) is 4.39 Å². The van der Waals surface area contributed by atoms with E-state index in [-0.39, 0.29) is 24.4 Å². The number of benzene rings is 1. The van der Waals surface area contributed by atoms with Crippen LogP contribution in [0.2, 0.25) is 0 Å². The molecule has 1 N–H and O–H groups in total. The predicted molar refractivity (Wildman–Crippen MR) is 103 cm³/mol. The molecule has 2 unspecified atom stereocenters. The van der Waals surface area contributed by atoms with Crippen molar-refractivity contribution in [2.75, 3.05) is 13.7 Å². The number of carbonyl (C=O) groups is 1. The predicted octanol–water partition coefficient (Wildman–Crippen LogP) is 4.25. The van der Waals surface area contributed by atoms with Gasteiger partial charge in [-0.05, 0) is 49.7 Å². The SMILES string of the molecule is COC(=O)CC/C=C\C[C@H]1C(F)CC[C@@H]1/C=C/C(O)COc1ccccc1. The maximum absolute atomic E-state index is 14.2. The molecule has 1 aliphatic carbocycles. The highest BCUT2D eigenvalue weighted by Gasteiger charge is 2.33. The van der Waals surface area contributed by atoms with Gasteiger partial charge >= 0.3 is 5.97 Å².